The second-order valence-electron chi connectivity index (χ2n) is 6.20. The Hall–Kier alpha value is -3.55. The van der Waals surface area contributed by atoms with Crippen LogP contribution in [0.25, 0.3) is 11.3 Å². The van der Waals surface area contributed by atoms with E-state index in [-0.39, 0.29) is 10.6 Å². The van der Waals surface area contributed by atoms with Crippen LogP contribution in [0.5, 0.6) is 0 Å². The third-order valence-electron chi connectivity index (χ3n) is 4.58. The van der Waals surface area contributed by atoms with Crippen LogP contribution >= 0.6 is 0 Å². The Morgan fingerprint density at radius 3 is 2.22 bits per heavy atom. The predicted molar refractivity (Wildman–Crippen MR) is 103 cm³/mol. The molecule has 1 saturated heterocycles. The zero-order chi connectivity index (χ0) is 18.6. The van der Waals surface area contributed by atoms with Gasteiger partial charge in [-0.25, -0.2) is 9.97 Å². The van der Waals surface area contributed by atoms with E-state index in [1.54, 1.807) is 30.7 Å². The van der Waals surface area contributed by atoms with Crippen LogP contribution in [0.1, 0.15) is 0 Å². The van der Waals surface area contributed by atoms with E-state index in [2.05, 4.69) is 24.8 Å². The number of piperazine rings is 1. The summed E-state index contributed by atoms with van der Waals surface area (Å²) in [4.78, 5) is 28.4. The first-order valence-electron chi connectivity index (χ1n) is 8.69. The van der Waals surface area contributed by atoms with Gasteiger partial charge in [0.2, 0.25) is 0 Å². The molecular weight excluding hydrogens is 344 g/mol. The van der Waals surface area contributed by atoms with Gasteiger partial charge in [-0.05, 0) is 6.07 Å². The van der Waals surface area contributed by atoms with Crippen LogP contribution in [0.4, 0.5) is 17.3 Å². The molecule has 8 nitrogen and oxygen atoms in total. The van der Waals surface area contributed by atoms with Crippen molar-refractivity contribution in [3.8, 4) is 11.3 Å². The van der Waals surface area contributed by atoms with Gasteiger partial charge in [0.15, 0.2) is 5.69 Å². The fourth-order valence-electron chi connectivity index (χ4n) is 3.19. The first kappa shape index (κ1) is 16.9. The van der Waals surface area contributed by atoms with Gasteiger partial charge in [0, 0.05) is 50.2 Å². The summed E-state index contributed by atoms with van der Waals surface area (Å²) in [7, 11) is 0. The molecule has 1 fully saturated rings. The number of aromatic nitrogens is 3. The Morgan fingerprint density at radius 1 is 0.889 bits per heavy atom. The largest absolute Gasteiger partial charge is 0.353 e. The second kappa shape index (κ2) is 7.36. The van der Waals surface area contributed by atoms with Crippen molar-refractivity contribution in [1.29, 1.82) is 0 Å². The van der Waals surface area contributed by atoms with E-state index >= 15 is 0 Å². The number of hydrogen-bond donors (Lipinski definition) is 0. The minimum Gasteiger partial charge on any atom is -0.353 e. The summed E-state index contributed by atoms with van der Waals surface area (Å²) in [5.74, 6) is 1.61. The molecule has 1 aromatic carbocycles. The fourth-order valence-corrected chi connectivity index (χ4v) is 3.19. The van der Waals surface area contributed by atoms with Crippen LogP contribution in [-0.2, 0) is 0 Å². The van der Waals surface area contributed by atoms with E-state index in [0.717, 1.165) is 43.4 Å². The topological polar surface area (TPSA) is 88.3 Å². The highest BCUT2D eigenvalue weighted by Crippen LogP contribution is 2.30. The van der Waals surface area contributed by atoms with Gasteiger partial charge in [-0.1, -0.05) is 30.3 Å². The molecule has 0 atom stereocenters. The summed E-state index contributed by atoms with van der Waals surface area (Å²) >= 11 is 0. The van der Waals surface area contributed by atoms with Gasteiger partial charge in [-0.2, -0.15) is 0 Å². The molecule has 4 rings (SSSR count). The lowest BCUT2D eigenvalue weighted by Gasteiger charge is -2.35. The number of rotatable bonds is 4. The standard InChI is InChI=1S/C19H18N6O2/c26-25(27)16-6-7-17(22-19(16)15-4-2-1-3-5-15)23-10-12-24(13-11-23)18-14-20-8-9-21-18/h1-9,14H,10-13H2. The van der Waals surface area contributed by atoms with Crippen molar-refractivity contribution in [2.45, 2.75) is 0 Å². The van der Waals surface area contributed by atoms with Gasteiger partial charge < -0.3 is 9.80 Å². The molecule has 1 aliphatic heterocycles. The van der Waals surface area contributed by atoms with Crippen molar-refractivity contribution in [3.05, 3.63) is 71.2 Å². The van der Waals surface area contributed by atoms with Crippen molar-refractivity contribution in [2.24, 2.45) is 0 Å². The van der Waals surface area contributed by atoms with E-state index in [0.29, 0.717) is 5.69 Å². The first-order chi connectivity index (χ1) is 13.2. The molecule has 0 spiro atoms. The first-order valence-corrected chi connectivity index (χ1v) is 8.69. The van der Waals surface area contributed by atoms with Gasteiger partial charge in [0.05, 0.1) is 11.1 Å². The highest BCUT2D eigenvalue weighted by Gasteiger charge is 2.23. The van der Waals surface area contributed by atoms with Gasteiger partial charge >= 0.3 is 0 Å². The molecule has 2 aromatic heterocycles. The third kappa shape index (κ3) is 3.55. The minimum absolute atomic E-state index is 0.0168. The van der Waals surface area contributed by atoms with Crippen molar-refractivity contribution < 1.29 is 4.92 Å². The summed E-state index contributed by atoms with van der Waals surface area (Å²) < 4.78 is 0. The lowest BCUT2D eigenvalue weighted by Crippen LogP contribution is -2.47. The molecule has 0 radical (unpaired) electrons. The summed E-state index contributed by atoms with van der Waals surface area (Å²) in [6.07, 6.45) is 5.10. The van der Waals surface area contributed by atoms with E-state index in [9.17, 15) is 10.1 Å². The van der Waals surface area contributed by atoms with Crippen LogP contribution in [0, 0.1) is 10.1 Å². The Balaban J connectivity index is 1.57. The maximum atomic E-state index is 11.4. The van der Waals surface area contributed by atoms with E-state index in [1.165, 1.54) is 0 Å². The van der Waals surface area contributed by atoms with Gasteiger partial charge in [-0.15, -0.1) is 0 Å². The Labute approximate surface area is 156 Å². The lowest BCUT2D eigenvalue weighted by molar-refractivity contribution is -0.384. The summed E-state index contributed by atoms with van der Waals surface area (Å²) in [6, 6.07) is 12.5. The zero-order valence-electron chi connectivity index (χ0n) is 14.6. The average Bonchev–Trinajstić information content (AvgIpc) is 2.74. The van der Waals surface area contributed by atoms with E-state index < -0.39 is 0 Å². The summed E-state index contributed by atoms with van der Waals surface area (Å²) in [5, 5.41) is 11.4. The highest BCUT2D eigenvalue weighted by molar-refractivity contribution is 5.71. The van der Waals surface area contributed by atoms with Crippen molar-refractivity contribution in [1.82, 2.24) is 15.0 Å². The lowest BCUT2D eigenvalue weighted by atomic mass is 10.1. The predicted octanol–water partition coefficient (Wildman–Crippen LogP) is 2.77. The molecule has 3 heterocycles. The molecule has 1 aliphatic rings. The van der Waals surface area contributed by atoms with Gasteiger partial charge in [0.25, 0.3) is 5.69 Å². The number of nitrogens with zero attached hydrogens (tertiary/aromatic N) is 6. The maximum Gasteiger partial charge on any atom is 0.295 e. The van der Waals surface area contributed by atoms with Crippen molar-refractivity contribution >= 4 is 17.3 Å². The Morgan fingerprint density at radius 2 is 1.59 bits per heavy atom. The Bertz CT molecular complexity index is 927. The molecule has 0 saturated carbocycles. The summed E-state index contributed by atoms with van der Waals surface area (Å²) in [6.45, 7) is 3.10. The minimum atomic E-state index is -0.384. The SMILES string of the molecule is O=[N+]([O-])c1ccc(N2CCN(c3cnccn3)CC2)nc1-c1ccccc1. The monoisotopic (exact) mass is 362 g/mol. The van der Waals surface area contributed by atoms with E-state index in [4.69, 9.17) is 0 Å². The third-order valence-corrected chi connectivity index (χ3v) is 4.58. The second-order valence-corrected chi connectivity index (χ2v) is 6.20. The fraction of sp³-hybridized carbons (Fsp3) is 0.211. The number of nitro groups is 1. The Kier molecular flexibility index (Phi) is 4.61. The molecule has 0 unspecified atom stereocenters. The molecule has 0 bridgehead atoms. The van der Waals surface area contributed by atoms with E-state index in [1.807, 2.05) is 30.3 Å². The molecule has 0 amide bonds. The number of pyridine rings is 1. The van der Waals surface area contributed by atoms with Gasteiger partial charge in [0.1, 0.15) is 11.6 Å². The zero-order valence-corrected chi connectivity index (χ0v) is 14.6. The number of hydrogen-bond acceptors (Lipinski definition) is 7. The van der Waals surface area contributed by atoms with Crippen LogP contribution < -0.4 is 9.80 Å². The highest BCUT2D eigenvalue weighted by atomic mass is 16.6. The number of anilines is 2. The number of benzene rings is 1. The van der Waals surface area contributed by atoms with Crippen molar-refractivity contribution in [3.63, 3.8) is 0 Å². The molecule has 0 aliphatic carbocycles. The smallest absolute Gasteiger partial charge is 0.295 e. The molecule has 8 heteroatoms. The normalized spacial score (nSPS) is 14.2. The van der Waals surface area contributed by atoms with Gasteiger partial charge in [-0.3, -0.25) is 15.1 Å². The molecule has 3 aromatic rings. The molecule has 136 valence electrons. The van der Waals surface area contributed by atoms with Crippen LogP contribution in [-0.4, -0.2) is 46.1 Å². The quantitative estimate of drug-likeness (QED) is 0.521. The van der Waals surface area contributed by atoms with Crippen LogP contribution in [0.15, 0.2) is 61.1 Å². The molecule has 27 heavy (non-hydrogen) atoms. The maximum absolute atomic E-state index is 11.4. The molecular formula is C19H18N6O2. The van der Waals surface area contributed by atoms with Crippen molar-refractivity contribution in [2.75, 3.05) is 36.0 Å². The molecule has 0 N–H and O–H groups in total. The average molecular weight is 362 g/mol. The summed E-state index contributed by atoms with van der Waals surface area (Å²) in [5.41, 5.74) is 1.15. The van der Waals surface area contributed by atoms with Crippen LogP contribution in [0.2, 0.25) is 0 Å². The van der Waals surface area contributed by atoms with Crippen LogP contribution in [0.3, 0.4) is 0 Å².